The summed E-state index contributed by atoms with van der Waals surface area (Å²) >= 11 is 0. The Morgan fingerprint density at radius 3 is 2.42 bits per heavy atom. The van der Waals surface area contributed by atoms with E-state index in [9.17, 15) is 9.59 Å². The molecule has 2 aliphatic rings. The van der Waals surface area contributed by atoms with E-state index in [0.717, 1.165) is 25.7 Å². The molecule has 1 aromatic rings. The fourth-order valence-electron chi connectivity index (χ4n) is 4.15. The largest absolute Gasteiger partial charge is 0.354 e. The van der Waals surface area contributed by atoms with Crippen LogP contribution >= 0.6 is 0 Å². The van der Waals surface area contributed by atoms with Crippen LogP contribution in [0.3, 0.4) is 0 Å². The van der Waals surface area contributed by atoms with E-state index in [-0.39, 0.29) is 18.4 Å². The maximum absolute atomic E-state index is 12.2. The molecule has 144 valence electrons. The highest BCUT2D eigenvalue weighted by Crippen LogP contribution is 2.27. The number of nitrogens with zero attached hydrogens (tertiary/aromatic N) is 4. The van der Waals surface area contributed by atoms with Crippen LogP contribution in [0.15, 0.2) is 6.33 Å². The van der Waals surface area contributed by atoms with Crippen molar-refractivity contribution in [2.45, 2.75) is 76.8 Å². The van der Waals surface area contributed by atoms with Gasteiger partial charge in [0.05, 0.1) is 0 Å². The summed E-state index contributed by atoms with van der Waals surface area (Å²) in [4.78, 5) is 25.4. The van der Waals surface area contributed by atoms with E-state index >= 15 is 0 Å². The van der Waals surface area contributed by atoms with Crippen molar-refractivity contribution >= 4 is 11.8 Å². The monoisotopic (exact) mass is 362 g/mol. The lowest BCUT2D eigenvalue weighted by Gasteiger charge is -2.30. The Kier molecular flexibility index (Phi) is 6.96. The number of rotatable bonds is 7. The van der Waals surface area contributed by atoms with Crippen molar-refractivity contribution < 1.29 is 9.59 Å². The molecule has 1 heterocycles. The average molecular weight is 362 g/mol. The smallest absolute Gasteiger partial charge is 0.243 e. The molecule has 26 heavy (non-hydrogen) atoms. The summed E-state index contributed by atoms with van der Waals surface area (Å²) in [6.45, 7) is 0.781. The van der Waals surface area contributed by atoms with Crippen LogP contribution in [0, 0.1) is 11.8 Å². The number of tetrazole rings is 1. The first-order valence-electron chi connectivity index (χ1n) is 9.96. The molecule has 2 amide bonds. The van der Waals surface area contributed by atoms with Gasteiger partial charge in [0, 0.05) is 19.0 Å². The molecule has 2 fully saturated rings. The van der Waals surface area contributed by atoms with Gasteiger partial charge in [0.25, 0.3) is 0 Å². The molecule has 3 rings (SSSR count). The lowest BCUT2D eigenvalue weighted by Crippen LogP contribution is -2.40. The second kappa shape index (κ2) is 9.64. The summed E-state index contributed by atoms with van der Waals surface area (Å²) < 4.78 is 0. The number of carbonyl (C=O) groups is 2. The third-order valence-corrected chi connectivity index (χ3v) is 5.68. The van der Waals surface area contributed by atoms with Gasteiger partial charge in [0.1, 0.15) is 6.54 Å². The maximum Gasteiger partial charge on any atom is 0.243 e. The van der Waals surface area contributed by atoms with Crippen molar-refractivity contribution in [3.05, 3.63) is 6.33 Å². The molecule has 0 saturated heterocycles. The molecule has 0 unspecified atom stereocenters. The second-order valence-electron chi connectivity index (χ2n) is 7.76. The zero-order chi connectivity index (χ0) is 18.2. The molecule has 2 saturated carbocycles. The van der Waals surface area contributed by atoms with Gasteiger partial charge < -0.3 is 10.6 Å². The van der Waals surface area contributed by atoms with Crippen LogP contribution in [0.25, 0.3) is 0 Å². The fraction of sp³-hybridized carbons (Fsp3) is 0.833. The molecule has 8 nitrogen and oxygen atoms in total. The van der Waals surface area contributed by atoms with Gasteiger partial charge in [0.2, 0.25) is 11.8 Å². The quantitative estimate of drug-likeness (QED) is 0.764. The number of nitrogens with one attached hydrogen (secondary N) is 2. The summed E-state index contributed by atoms with van der Waals surface area (Å²) in [5.41, 5.74) is 0. The van der Waals surface area contributed by atoms with E-state index < -0.39 is 0 Å². The topological polar surface area (TPSA) is 102 Å². The zero-order valence-corrected chi connectivity index (χ0v) is 15.4. The molecule has 1 aromatic heterocycles. The van der Waals surface area contributed by atoms with E-state index in [4.69, 9.17) is 0 Å². The van der Waals surface area contributed by atoms with Crippen LogP contribution in [-0.2, 0) is 16.1 Å². The van der Waals surface area contributed by atoms with Crippen LogP contribution < -0.4 is 10.6 Å². The molecule has 0 aromatic carbocycles. The maximum atomic E-state index is 12.2. The molecule has 0 radical (unpaired) electrons. The Labute approximate surface area is 154 Å². The second-order valence-corrected chi connectivity index (χ2v) is 7.76. The highest BCUT2D eigenvalue weighted by molar-refractivity contribution is 5.76. The number of aromatic nitrogens is 4. The average Bonchev–Trinajstić information content (AvgIpc) is 3.15. The van der Waals surface area contributed by atoms with Gasteiger partial charge in [0.15, 0.2) is 6.33 Å². The van der Waals surface area contributed by atoms with E-state index in [2.05, 4.69) is 26.0 Å². The predicted molar refractivity (Wildman–Crippen MR) is 95.9 cm³/mol. The van der Waals surface area contributed by atoms with Gasteiger partial charge in [-0.3, -0.25) is 9.59 Å². The molecule has 2 N–H and O–H groups in total. The Morgan fingerprint density at radius 1 is 0.962 bits per heavy atom. The Hall–Kier alpha value is -1.99. The van der Waals surface area contributed by atoms with E-state index in [1.165, 1.54) is 43.2 Å². The van der Waals surface area contributed by atoms with Crippen molar-refractivity contribution in [2.24, 2.45) is 11.8 Å². The number of amides is 2. The van der Waals surface area contributed by atoms with Crippen LogP contribution in [0.4, 0.5) is 0 Å². The molecule has 0 spiro atoms. The normalized spacial score (nSPS) is 24.2. The van der Waals surface area contributed by atoms with Gasteiger partial charge in [-0.15, -0.1) is 10.2 Å². The number of hydrogen-bond acceptors (Lipinski definition) is 5. The molecular weight excluding hydrogens is 332 g/mol. The Bertz CT molecular complexity index is 562. The highest BCUT2D eigenvalue weighted by Gasteiger charge is 2.24. The third kappa shape index (κ3) is 6.07. The summed E-state index contributed by atoms with van der Waals surface area (Å²) in [6, 6.07) is 0.303. The lowest BCUT2D eigenvalue weighted by atomic mass is 9.85. The van der Waals surface area contributed by atoms with Crippen molar-refractivity contribution in [3.63, 3.8) is 0 Å². The Morgan fingerprint density at radius 2 is 1.73 bits per heavy atom. The molecule has 0 atom stereocenters. The third-order valence-electron chi connectivity index (χ3n) is 5.68. The van der Waals surface area contributed by atoms with Crippen LogP contribution in [-0.4, -0.2) is 44.6 Å². The van der Waals surface area contributed by atoms with Crippen LogP contribution in [0.5, 0.6) is 0 Å². The first kappa shape index (κ1) is 18.8. The minimum Gasteiger partial charge on any atom is -0.354 e. The summed E-state index contributed by atoms with van der Waals surface area (Å²) in [5, 5.41) is 17.3. The first-order chi connectivity index (χ1) is 12.7. The number of carbonyl (C=O) groups excluding carboxylic acids is 2. The molecule has 0 aliphatic heterocycles. The summed E-state index contributed by atoms with van der Waals surface area (Å²) in [7, 11) is 0. The highest BCUT2D eigenvalue weighted by atomic mass is 16.2. The van der Waals surface area contributed by atoms with E-state index in [1.807, 2.05) is 0 Å². The van der Waals surface area contributed by atoms with Gasteiger partial charge >= 0.3 is 0 Å². The van der Waals surface area contributed by atoms with Gasteiger partial charge in [-0.2, -0.15) is 4.80 Å². The SMILES string of the molecule is O=C(Cn1ncnn1)NCC1CCC(NC(=O)CC2CCCCC2)CC1. The van der Waals surface area contributed by atoms with Crippen LogP contribution in [0.2, 0.25) is 0 Å². The standard InChI is InChI=1S/C18H30N6O2/c25-17(10-14-4-2-1-3-5-14)22-16-8-6-15(7-9-16)11-19-18(26)12-24-21-13-20-23-24/h13-16H,1-12H2,(H,19,26)(H,22,25). The molecular formula is C18H30N6O2. The molecule has 2 aliphatic carbocycles. The Balaban J connectivity index is 1.28. The van der Waals surface area contributed by atoms with Gasteiger partial charge in [-0.1, -0.05) is 19.3 Å². The first-order valence-corrected chi connectivity index (χ1v) is 9.96. The summed E-state index contributed by atoms with van der Waals surface area (Å²) in [6.07, 6.45) is 12.4. The predicted octanol–water partition coefficient (Wildman–Crippen LogP) is 1.43. The fourth-order valence-corrected chi connectivity index (χ4v) is 4.15. The lowest BCUT2D eigenvalue weighted by molar-refractivity contribution is -0.123. The minimum absolute atomic E-state index is 0.0918. The molecule has 8 heteroatoms. The van der Waals surface area contributed by atoms with Crippen molar-refractivity contribution in [2.75, 3.05) is 6.54 Å². The minimum atomic E-state index is -0.0918. The van der Waals surface area contributed by atoms with Crippen LogP contribution in [0.1, 0.15) is 64.2 Å². The van der Waals surface area contributed by atoms with Gasteiger partial charge in [-0.05, 0) is 55.6 Å². The molecule has 0 bridgehead atoms. The number of hydrogen-bond donors (Lipinski definition) is 2. The van der Waals surface area contributed by atoms with Crippen molar-refractivity contribution in [3.8, 4) is 0 Å². The van der Waals surface area contributed by atoms with Gasteiger partial charge in [-0.25, -0.2) is 0 Å². The van der Waals surface area contributed by atoms with Crippen molar-refractivity contribution in [1.82, 2.24) is 30.8 Å². The van der Waals surface area contributed by atoms with E-state index in [1.54, 1.807) is 0 Å². The summed E-state index contributed by atoms with van der Waals surface area (Å²) in [5.74, 6) is 1.21. The zero-order valence-electron chi connectivity index (χ0n) is 15.4. The van der Waals surface area contributed by atoms with E-state index in [0.29, 0.717) is 30.8 Å². The van der Waals surface area contributed by atoms with Crippen molar-refractivity contribution in [1.29, 1.82) is 0 Å².